The number of aryl methyl sites for hydroxylation is 1. The fourth-order valence-electron chi connectivity index (χ4n) is 1.70. The fraction of sp³-hybridized carbons (Fsp3) is 0.231. The number of nitrogens with one attached hydrogen (secondary N) is 1. The van der Waals surface area contributed by atoms with Crippen LogP contribution < -0.4 is 5.32 Å². The Hall–Kier alpha value is -1.03. The summed E-state index contributed by atoms with van der Waals surface area (Å²) in [5.74, 6) is 0.693. The molecule has 0 aliphatic heterocycles. The van der Waals surface area contributed by atoms with Crippen molar-refractivity contribution in [1.82, 2.24) is 9.97 Å². The quantitative estimate of drug-likeness (QED) is 0.817. The van der Waals surface area contributed by atoms with Crippen LogP contribution >= 0.6 is 34.8 Å². The molecule has 2 aromatic rings. The van der Waals surface area contributed by atoms with Gasteiger partial charge in [0, 0.05) is 21.8 Å². The number of hydrogen-bond acceptors (Lipinski definition) is 3. The zero-order chi connectivity index (χ0) is 14.0. The molecule has 0 unspecified atom stereocenters. The van der Waals surface area contributed by atoms with Crippen LogP contribution in [0.25, 0.3) is 0 Å². The Kier molecular flexibility index (Phi) is 4.50. The first-order chi connectivity index (χ1) is 8.97. The van der Waals surface area contributed by atoms with Gasteiger partial charge in [-0.1, -0.05) is 29.3 Å². The van der Waals surface area contributed by atoms with Crippen LogP contribution in [0.1, 0.15) is 24.1 Å². The van der Waals surface area contributed by atoms with Crippen molar-refractivity contribution in [3.63, 3.8) is 0 Å². The van der Waals surface area contributed by atoms with E-state index in [0.717, 1.165) is 11.1 Å². The molecule has 0 fully saturated rings. The van der Waals surface area contributed by atoms with Gasteiger partial charge in [0.05, 0.1) is 6.04 Å². The van der Waals surface area contributed by atoms with Gasteiger partial charge in [-0.05, 0) is 43.1 Å². The molecule has 19 heavy (non-hydrogen) atoms. The van der Waals surface area contributed by atoms with Gasteiger partial charge in [-0.25, -0.2) is 9.97 Å². The van der Waals surface area contributed by atoms with Crippen molar-refractivity contribution in [3.05, 3.63) is 50.9 Å². The van der Waals surface area contributed by atoms with Crippen LogP contribution in [0.2, 0.25) is 15.3 Å². The zero-order valence-electron chi connectivity index (χ0n) is 10.4. The number of rotatable bonds is 3. The predicted molar refractivity (Wildman–Crippen MR) is 80.3 cm³/mol. The van der Waals surface area contributed by atoms with E-state index in [4.69, 9.17) is 34.8 Å². The topological polar surface area (TPSA) is 37.8 Å². The van der Waals surface area contributed by atoms with Gasteiger partial charge in [-0.15, -0.1) is 0 Å². The van der Waals surface area contributed by atoms with E-state index in [1.807, 2.05) is 19.9 Å². The molecule has 0 saturated heterocycles. The molecule has 1 aromatic heterocycles. The van der Waals surface area contributed by atoms with Crippen LogP contribution in [-0.4, -0.2) is 9.97 Å². The largest absolute Gasteiger partial charge is 0.363 e. The molecule has 1 N–H and O–H groups in total. The third-order valence-electron chi connectivity index (χ3n) is 2.72. The predicted octanol–water partition coefficient (Wildman–Crippen LogP) is 4.92. The number of nitrogens with zero attached hydrogens (tertiary/aromatic N) is 2. The minimum absolute atomic E-state index is 0.0190. The van der Waals surface area contributed by atoms with Crippen LogP contribution in [0.5, 0.6) is 0 Å². The minimum Gasteiger partial charge on any atom is -0.363 e. The van der Waals surface area contributed by atoms with Crippen LogP contribution in [0.4, 0.5) is 5.82 Å². The maximum absolute atomic E-state index is 6.18. The Bertz CT molecular complexity index is 602. The van der Waals surface area contributed by atoms with Crippen molar-refractivity contribution in [3.8, 4) is 0 Å². The third kappa shape index (κ3) is 3.50. The highest BCUT2D eigenvalue weighted by Crippen LogP contribution is 2.28. The molecular formula is C13H12Cl3N3. The van der Waals surface area contributed by atoms with Gasteiger partial charge in [-0.3, -0.25) is 0 Å². The SMILES string of the molecule is Cc1cnc(Cl)nc1N[C@H](C)c1ccc(Cl)cc1Cl. The maximum Gasteiger partial charge on any atom is 0.224 e. The maximum atomic E-state index is 6.18. The van der Waals surface area contributed by atoms with E-state index in [2.05, 4.69) is 15.3 Å². The molecule has 0 spiro atoms. The van der Waals surface area contributed by atoms with E-state index in [0.29, 0.717) is 15.9 Å². The van der Waals surface area contributed by atoms with Gasteiger partial charge < -0.3 is 5.32 Å². The average Bonchev–Trinajstić information content (AvgIpc) is 2.33. The molecule has 2 rings (SSSR count). The number of anilines is 1. The molecule has 1 aromatic carbocycles. The summed E-state index contributed by atoms with van der Waals surface area (Å²) in [7, 11) is 0. The van der Waals surface area contributed by atoms with E-state index in [-0.39, 0.29) is 11.3 Å². The molecule has 0 saturated carbocycles. The standard InChI is InChI=1S/C13H12Cl3N3/c1-7-6-17-13(16)19-12(7)18-8(2)10-4-3-9(14)5-11(10)15/h3-6,8H,1-2H3,(H,17,18,19)/t8-/m1/s1. The lowest BCUT2D eigenvalue weighted by molar-refractivity contribution is 0.868. The second kappa shape index (κ2) is 5.95. The van der Waals surface area contributed by atoms with Crippen molar-refractivity contribution in [2.45, 2.75) is 19.9 Å². The van der Waals surface area contributed by atoms with Crippen LogP contribution in [0.15, 0.2) is 24.4 Å². The molecular weight excluding hydrogens is 305 g/mol. The lowest BCUT2D eigenvalue weighted by atomic mass is 10.1. The van der Waals surface area contributed by atoms with Gasteiger partial charge in [0.15, 0.2) is 0 Å². The fourth-order valence-corrected chi connectivity index (χ4v) is 2.41. The Balaban J connectivity index is 2.25. The molecule has 0 amide bonds. The van der Waals surface area contributed by atoms with E-state index < -0.39 is 0 Å². The van der Waals surface area contributed by atoms with E-state index in [9.17, 15) is 0 Å². The molecule has 0 bridgehead atoms. The van der Waals surface area contributed by atoms with Crippen molar-refractivity contribution in [2.75, 3.05) is 5.32 Å². The van der Waals surface area contributed by atoms with Crippen molar-refractivity contribution >= 4 is 40.6 Å². The number of halogens is 3. The zero-order valence-corrected chi connectivity index (χ0v) is 12.7. The summed E-state index contributed by atoms with van der Waals surface area (Å²) in [6, 6.07) is 5.40. The molecule has 0 aliphatic carbocycles. The highest BCUT2D eigenvalue weighted by molar-refractivity contribution is 6.35. The molecule has 100 valence electrons. The molecule has 3 nitrogen and oxygen atoms in total. The van der Waals surface area contributed by atoms with E-state index in [1.54, 1.807) is 18.3 Å². The van der Waals surface area contributed by atoms with Gasteiger partial charge in [-0.2, -0.15) is 0 Å². The molecule has 6 heteroatoms. The lowest BCUT2D eigenvalue weighted by Gasteiger charge is -2.17. The van der Waals surface area contributed by atoms with Crippen molar-refractivity contribution in [2.24, 2.45) is 0 Å². The number of benzene rings is 1. The van der Waals surface area contributed by atoms with Gasteiger partial charge >= 0.3 is 0 Å². The lowest BCUT2D eigenvalue weighted by Crippen LogP contribution is -2.10. The molecule has 1 atom stereocenters. The highest BCUT2D eigenvalue weighted by Gasteiger charge is 2.12. The molecule has 1 heterocycles. The smallest absolute Gasteiger partial charge is 0.224 e. The molecule has 0 radical (unpaired) electrons. The van der Waals surface area contributed by atoms with Crippen LogP contribution in [0.3, 0.4) is 0 Å². The van der Waals surface area contributed by atoms with Crippen LogP contribution in [0, 0.1) is 6.92 Å². The normalized spacial score (nSPS) is 12.3. The van der Waals surface area contributed by atoms with Gasteiger partial charge in [0.2, 0.25) is 5.28 Å². The number of hydrogen-bond donors (Lipinski definition) is 1. The summed E-state index contributed by atoms with van der Waals surface area (Å²) in [5, 5.41) is 4.70. The molecule has 0 aliphatic rings. The van der Waals surface area contributed by atoms with E-state index >= 15 is 0 Å². The van der Waals surface area contributed by atoms with E-state index in [1.165, 1.54) is 0 Å². The van der Waals surface area contributed by atoms with Crippen molar-refractivity contribution < 1.29 is 0 Å². The second-order valence-electron chi connectivity index (χ2n) is 4.20. The summed E-state index contributed by atoms with van der Waals surface area (Å²) in [4.78, 5) is 8.08. The highest BCUT2D eigenvalue weighted by atomic mass is 35.5. The Morgan fingerprint density at radius 1 is 1.21 bits per heavy atom. The summed E-state index contributed by atoms with van der Waals surface area (Å²) < 4.78 is 0. The Morgan fingerprint density at radius 2 is 1.95 bits per heavy atom. The first kappa shape index (κ1) is 14.4. The van der Waals surface area contributed by atoms with Crippen molar-refractivity contribution in [1.29, 1.82) is 0 Å². The Labute approximate surface area is 126 Å². The number of aromatic nitrogens is 2. The van der Waals surface area contributed by atoms with Gasteiger partial charge in [0.1, 0.15) is 5.82 Å². The second-order valence-corrected chi connectivity index (χ2v) is 5.38. The van der Waals surface area contributed by atoms with Crippen LogP contribution in [-0.2, 0) is 0 Å². The van der Waals surface area contributed by atoms with Gasteiger partial charge in [0.25, 0.3) is 0 Å². The summed E-state index contributed by atoms with van der Waals surface area (Å²) in [6.45, 7) is 3.90. The minimum atomic E-state index is -0.0190. The third-order valence-corrected chi connectivity index (χ3v) is 3.47. The monoisotopic (exact) mass is 315 g/mol. The summed E-state index contributed by atoms with van der Waals surface area (Å²) in [6.07, 6.45) is 1.67. The Morgan fingerprint density at radius 3 is 2.63 bits per heavy atom. The first-order valence-corrected chi connectivity index (χ1v) is 6.81. The average molecular weight is 317 g/mol. The summed E-state index contributed by atoms with van der Waals surface area (Å²) in [5.41, 5.74) is 1.86. The first-order valence-electron chi connectivity index (χ1n) is 5.68. The summed E-state index contributed by atoms with van der Waals surface area (Å²) >= 11 is 17.9.